The molecule has 0 fully saturated rings. The van der Waals surface area contributed by atoms with Gasteiger partial charge >= 0.3 is 13.0 Å². The van der Waals surface area contributed by atoms with E-state index in [-0.39, 0.29) is 22.6 Å². The van der Waals surface area contributed by atoms with Gasteiger partial charge in [-0.1, -0.05) is 11.6 Å². The van der Waals surface area contributed by atoms with Crippen LogP contribution in [0, 0.1) is 0 Å². The highest BCUT2D eigenvalue weighted by atomic mass is 127. The highest BCUT2D eigenvalue weighted by Crippen LogP contribution is 2.53. The van der Waals surface area contributed by atoms with Crippen LogP contribution in [0.5, 0.6) is 0 Å². The van der Waals surface area contributed by atoms with Crippen molar-refractivity contribution in [3.63, 3.8) is 0 Å². The zero-order chi connectivity index (χ0) is 9.50. The van der Waals surface area contributed by atoms with Gasteiger partial charge in [0.25, 0.3) is 0 Å². The van der Waals surface area contributed by atoms with Crippen molar-refractivity contribution in [2.75, 3.05) is 0 Å². The first kappa shape index (κ1) is 12.4. The van der Waals surface area contributed by atoms with E-state index in [2.05, 4.69) is 11.6 Å². The molecule has 68 valence electrons. The zero-order valence-electron chi connectivity index (χ0n) is 4.52. The van der Waals surface area contributed by atoms with Gasteiger partial charge < -0.3 is 0 Å². The highest BCUT2D eigenvalue weighted by molar-refractivity contribution is 14.1. The van der Waals surface area contributed by atoms with Gasteiger partial charge in [0.05, 0.1) is 0 Å². The van der Waals surface area contributed by atoms with Gasteiger partial charge in [0.2, 0.25) is 0 Å². The summed E-state index contributed by atoms with van der Waals surface area (Å²) < 4.78 is 52.1. The monoisotopic (exact) mass is 420 g/mol. The van der Waals surface area contributed by atoms with Crippen LogP contribution in [0.3, 0.4) is 0 Å². The molecule has 0 nitrogen and oxygen atoms in total. The fourth-order valence-electron chi connectivity index (χ4n) is 0.161. The minimum Gasteiger partial charge on any atom is -0.207 e. The molecule has 0 rings (SSSR count). The summed E-state index contributed by atoms with van der Waals surface area (Å²) >= 11 is 4.94. The third-order valence-corrected chi connectivity index (χ3v) is 2.30. The summed E-state index contributed by atoms with van der Waals surface area (Å²) in [6.07, 6.45) is 0. The maximum atomic E-state index is 12.2. The van der Waals surface area contributed by atoms with Crippen molar-refractivity contribution in [1.29, 1.82) is 0 Å². The van der Waals surface area contributed by atoms with E-state index in [1.54, 1.807) is 0 Å². The topological polar surface area (TPSA) is 0 Å². The average molecular weight is 420 g/mol. The number of halogens is 8. The lowest BCUT2D eigenvalue weighted by molar-refractivity contribution is -0.165. The first-order chi connectivity index (χ1) is 4.50. The summed E-state index contributed by atoms with van der Waals surface area (Å²) in [5.74, 6) is -4.89. The standard InChI is InChI=1S/C3ClF5I2/c4-2(7,10)1(5,6)3(8,9)11. The van der Waals surface area contributed by atoms with E-state index in [0.717, 1.165) is 0 Å². The molecule has 11 heavy (non-hydrogen) atoms. The molecule has 0 amide bonds. The van der Waals surface area contributed by atoms with Gasteiger partial charge in [0.15, 0.2) is 0 Å². The Morgan fingerprint density at radius 1 is 0.909 bits per heavy atom. The summed E-state index contributed by atoms with van der Waals surface area (Å²) in [5.41, 5.74) is 0. The maximum Gasteiger partial charge on any atom is 0.375 e. The van der Waals surface area contributed by atoms with Gasteiger partial charge in [-0.25, -0.2) is 4.39 Å². The minimum absolute atomic E-state index is 0.132. The largest absolute Gasteiger partial charge is 0.375 e. The first-order valence-corrected chi connectivity index (χ1v) is 4.55. The van der Waals surface area contributed by atoms with Crippen molar-refractivity contribution in [1.82, 2.24) is 0 Å². The summed E-state index contributed by atoms with van der Waals surface area (Å²) in [6.45, 7) is 0. The molecule has 0 spiro atoms. The molecule has 0 N–H and O–H groups in total. The van der Waals surface area contributed by atoms with Gasteiger partial charge in [-0.15, -0.1) is 0 Å². The number of hydrogen-bond donors (Lipinski definition) is 0. The van der Waals surface area contributed by atoms with Crippen molar-refractivity contribution < 1.29 is 22.0 Å². The average Bonchev–Trinajstić information content (AvgIpc) is 1.58. The molecule has 0 saturated carbocycles. The molecule has 0 aromatic rings. The summed E-state index contributed by atoms with van der Waals surface area (Å²) in [5, 5.41) is 0. The predicted octanol–water partition coefficient (Wildman–Crippen LogP) is 3.95. The lowest BCUT2D eigenvalue weighted by Crippen LogP contribution is -2.46. The van der Waals surface area contributed by atoms with Crippen molar-refractivity contribution in [3.05, 3.63) is 0 Å². The number of alkyl halides is 8. The van der Waals surface area contributed by atoms with Gasteiger partial charge in [-0.05, 0) is 22.6 Å². The van der Waals surface area contributed by atoms with Crippen molar-refractivity contribution in [2.24, 2.45) is 0 Å². The number of rotatable bonds is 2. The van der Waals surface area contributed by atoms with E-state index in [1.165, 1.54) is 0 Å². The Morgan fingerprint density at radius 2 is 1.18 bits per heavy atom. The number of hydrogen-bond acceptors (Lipinski definition) is 0. The van der Waals surface area contributed by atoms with Crippen molar-refractivity contribution >= 4 is 56.8 Å². The van der Waals surface area contributed by atoms with Crippen LogP contribution in [-0.4, -0.2) is 13.0 Å². The maximum absolute atomic E-state index is 12.2. The van der Waals surface area contributed by atoms with Crippen LogP contribution in [0.15, 0.2) is 0 Å². The van der Waals surface area contributed by atoms with Crippen molar-refractivity contribution in [3.8, 4) is 0 Å². The minimum atomic E-state index is -4.89. The molecule has 8 heteroatoms. The van der Waals surface area contributed by atoms with Gasteiger partial charge in [0, 0.05) is 22.6 Å². The molecule has 1 unspecified atom stereocenters. The Balaban J connectivity index is 4.75. The van der Waals surface area contributed by atoms with E-state index >= 15 is 0 Å². The van der Waals surface area contributed by atoms with Gasteiger partial charge in [-0.3, -0.25) is 0 Å². The van der Waals surface area contributed by atoms with E-state index in [0.29, 0.717) is 22.6 Å². The van der Waals surface area contributed by atoms with Crippen LogP contribution in [-0.2, 0) is 0 Å². The molecule has 0 aliphatic rings. The molecule has 0 bridgehead atoms. The fraction of sp³-hybridized carbons (Fsp3) is 1.00. The summed E-state index contributed by atoms with van der Waals surface area (Å²) in [7, 11) is 0. The fourth-order valence-corrected chi connectivity index (χ4v) is 1.67. The Hall–Kier alpha value is 1.40. The molecule has 0 aliphatic carbocycles. The molecule has 0 aliphatic heterocycles. The lowest BCUT2D eigenvalue weighted by Gasteiger charge is -2.26. The lowest BCUT2D eigenvalue weighted by atomic mass is 10.4. The van der Waals surface area contributed by atoms with E-state index in [1.807, 2.05) is 0 Å². The molecule has 0 heterocycles. The second-order valence-corrected chi connectivity index (χ2v) is 5.57. The third-order valence-electron chi connectivity index (χ3n) is 0.712. The molecule has 1 atom stereocenters. The molecule has 0 aromatic carbocycles. The molecule has 0 saturated heterocycles. The Bertz CT molecular complexity index is 131. The first-order valence-electron chi connectivity index (χ1n) is 2.01. The zero-order valence-corrected chi connectivity index (χ0v) is 9.59. The van der Waals surface area contributed by atoms with E-state index in [9.17, 15) is 22.0 Å². The van der Waals surface area contributed by atoms with Gasteiger partial charge in [0.1, 0.15) is 0 Å². The molecule has 0 aromatic heterocycles. The van der Waals surface area contributed by atoms with E-state index < -0.39 is 13.0 Å². The van der Waals surface area contributed by atoms with Crippen molar-refractivity contribution in [2.45, 2.75) is 13.0 Å². The summed E-state index contributed by atoms with van der Waals surface area (Å²) in [4.78, 5) is 0. The van der Waals surface area contributed by atoms with Crippen LogP contribution in [0.2, 0.25) is 0 Å². The van der Waals surface area contributed by atoms with Gasteiger partial charge in [-0.2, -0.15) is 17.6 Å². The Kier molecular flexibility index (Phi) is 3.69. The normalized spacial score (nSPS) is 19.6. The van der Waals surface area contributed by atoms with Crippen LogP contribution >= 0.6 is 56.8 Å². The second-order valence-electron chi connectivity index (χ2n) is 1.57. The SMILES string of the molecule is FC(F)(I)C(F)(F)C(F)(Cl)I. The second kappa shape index (κ2) is 3.28. The highest BCUT2D eigenvalue weighted by Gasteiger charge is 2.67. The molecular weight excluding hydrogens is 420 g/mol. The van der Waals surface area contributed by atoms with Crippen LogP contribution in [0.4, 0.5) is 22.0 Å². The molecular formula is C3ClF5I2. The third kappa shape index (κ3) is 2.68. The van der Waals surface area contributed by atoms with Crippen LogP contribution < -0.4 is 0 Å². The smallest absolute Gasteiger partial charge is 0.207 e. The van der Waals surface area contributed by atoms with Crippen LogP contribution in [0.25, 0.3) is 0 Å². The van der Waals surface area contributed by atoms with E-state index in [4.69, 9.17) is 0 Å². The predicted molar refractivity (Wildman–Crippen MR) is 47.6 cm³/mol. The summed E-state index contributed by atoms with van der Waals surface area (Å²) in [6, 6.07) is 0. The molecule has 0 radical (unpaired) electrons. The Morgan fingerprint density at radius 3 is 1.18 bits per heavy atom. The quantitative estimate of drug-likeness (QED) is 0.361. The van der Waals surface area contributed by atoms with Crippen LogP contribution in [0.1, 0.15) is 0 Å². The Labute approximate surface area is 91.1 Å².